The van der Waals surface area contributed by atoms with Crippen molar-refractivity contribution in [2.24, 2.45) is 0 Å². The Morgan fingerprint density at radius 1 is 1.17 bits per heavy atom. The largest absolute Gasteiger partial charge is 0.462 e. The van der Waals surface area contributed by atoms with Gasteiger partial charge in [-0.15, -0.1) is 0 Å². The minimum atomic E-state index is -2.69. The van der Waals surface area contributed by atoms with E-state index in [1.54, 1.807) is 15.9 Å². The normalized spacial score (nSPS) is 21.5. The van der Waals surface area contributed by atoms with Crippen LogP contribution in [0.15, 0.2) is 30.9 Å². The second-order valence-corrected chi connectivity index (χ2v) is 13.2. The summed E-state index contributed by atoms with van der Waals surface area (Å²) in [6.07, 6.45) is 3.37. The third-order valence-corrected chi connectivity index (χ3v) is 9.60. The Labute approximate surface area is 269 Å². The van der Waals surface area contributed by atoms with Gasteiger partial charge >= 0.3 is 6.01 Å². The lowest BCUT2D eigenvalue weighted by Crippen LogP contribution is -2.58. The van der Waals surface area contributed by atoms with Gasteiger partial charge < -0.3 is 14.5 Å². The minimum Gasteiger partial charge on any atom is -0.462 e. The number of aromatic nitrogens is 4. The SMILES string of the molecule is C=CC(=O)N1C[C@H](C)N(c2nc(OCCN3CC(F)(F)C3)nc3c(F)c(-c4c(C)ccc5n[nH]c(C6CC6)c45)c(Cl)cc23)C[C@H]1C. The lowest BCUT2D eigenvalue weighted by atomic mass is 9.93. The summed E-state index contributed by atoms with van der Waals surface area (Å²) in [5.41, 5.74) is 3.48. The van der Waals surface area contributed by atoms with Crippen LogP contribution >= 0.6 is 11.6 Å². The van der Waals surface area contributed by atoms with Gasteiger partial charge in [-0.05, 0) is 57.4 Å². The number of hydrogen-bond donors (Lipinski definition) is 1. The number of likely N-dealkylation sites (tertiary alicyclic amines) is 1. The van der Waals surface area contributed by atoms with Gasteiger partial charge in [0.2, 0.25) is 5.91 Å². The minimum absolute atomic E-state index is 0.0344. The van der Waals surface area contributed by atoms with Crippen LogP contribution in [0.25, 0.3) is 32.9 Å². The number of benzene rings is 2. The number of carbonyl (C=O) groups is 1. The summed E-state index contributed by atoms with van der Waals surface area (Å²) >= 11 is 6.99. The molecule has 0 spiro atoms. The number of piperazine rings is 1. The van der Waals surface area contributed by atoms with Crippen LogP contribution in [0.3, 0.4) is 0 Å². The van der Waals surface area contributed by atoms with Crippen LogP contribution in [0.1, 0.15) is 43.9 Å². The van der Waals surface area contributed by atoms with Gasteiger partial charge in [0.25, 0.3) is 5.92 Å². The number of aryl methyl sites for hydroxylation is 1. The Morgan fingerprint density at radius 2 is 1.93 bits per heavy atom. The van der Waals surface area contributed by atoms with E-state index in [2.05, 4.69) is 21.8 Å². The van der Waals surface area contributed by atoms with E-state index in [1.165, 1.54) is 6.08 Å². The van der Waals surface area contributed by atoms with Gasteiger partial charge in [0.15, 0.2) is 5.82 Å². The number of nitrogens with zero attached hydrogens (tertiary/aromatic N) is 6. The smallest absolute Gasteiger partial charge is 0.319 e. The van der Waals surface area contributed by atoms with Gasteiger partial charge in [-0.25, -0.2) is 13.2 Å². The summed E-state index contributed by atoms with van der Waals surface area (Å²) in [4.78, 5) is 27.1. The van der Waals surface area contributed by atoms with Gasteiger partial charge in [0, 0.05) is 65.2 Å². The molecule has 2 aliphatic heterocycles. The van der Waals surface area contributed by atoms with Crippen molar-refractivity contribution in [2.45, 2.75) is 57.5 Å². The fraction of sp³-hybridized carbons (Fsp3) is 0.455. The highest BCUT2D eigenvalue weighted by atomic mass is 35.5. The van der Waals surface area contributed by atoms with Crippen molar-refractivity contribution >= 4 is 45.1 Å². The molecule has 46 heavy (non-hydrogen) atoms. The molecule has 0 bridgehead atoms. The van der Waals surface area contributed by atoms with Gasteiger partial charge in [-0.3, -0.25) is 14.8 Å². The fourth-order valence-electron chi connectivity index (χ4n) is 6.78. The number of nitrogens with one attached hydrogen (secondary N) is 1. The molecule has 242 valence electrons. The second-order valence-electron chi connectivity index (χ2n) is 12.8. The average Bonchev–Trinajstić information content (AvgIpc) is 3.76. The van der Waals surface area contributed by atoms with E-state index >= 15 is 4.39 Å². The van der Waals surface area contributed by atoms with Gasteiger partial charge in [0.1, 0.15) is 17.9 Å². The third kappa shape index (κ3) is 5.34. The van der Waals surface area contributed by atoms with E-state index in [0.717, 1.165) is 35.0 Å². The van der Waals surface area contributed by atoms with Crippen molar-refractivity contribution in [1.29, 1.82) is 0 Å². The molecule has 1 saturated carbocycles. The number of rotatable bonds is 8. The highest BCUT2D eigenvalue weighted by Gasteiger charge is 2.43. The zero-order valence-electron chi connectivity index (χ0n) is 25.9. The van der Waals surface area contributed by atoms with E-state index in [4.69, 9.17) is 21.3 Å². The van der Waals surface area contributed by atoms with E-state index < -0.39 is 11.7 Å². The molecule has 13 heteroatoms. The molecule has 2 atom stereocenters. The molecular formula is C33H35ClF3N7O2. The molecule has 3 fully saturated rings. The molecule has 2 aromatic heterocycles. The molecule has 1 N–H and O–H groups in total. The number of amides is 1. The first-order chi connectivity index (χ1) is 22.0. The third-order valence-electron chi connectivity index (χ3n) is 9.30. The molecule has 4 heterocycles. The van der Waals surface area contributed by atoms with Crippen molar-refractivity contribution in [3.63, 3.8) is 0 Å². The van der Waals surface area contributed by atoms with Crippen LogP contribution in [0.5, 0.6) is 6.01 Å². The molecule has 3 aliphatic rings. The quantitative estimate of drug-likeness (QED) is 0.230. The summed E-state index contributed by atoms with van der Waals surface area (Å²) in [6, 6.07) is 5.07. The number of aromatic amines is 1. The Bertz CT molecular complexity index is 1870. The number of fused-ring (bicyclic) bond motifs is 2. The van der Waals surface area contributed by atoms with Crippen molar-refractivity contribution in [3.05, 3.63) is 53.0 Å². The first-order valence-corrected chi connectivity index (χ1v) is 15.9. The van der Waals surface area contributed by atoms with Crippen LogP contribution < -0.4 is 9.64 Å². The monoisotopic (exact) mass is 653 g/mol. The van der Waals surface area contributed by atoms with Crippen LogP contribution in [0.4, 0.5) is 19.0 Å². The van der Waals surface area contributed by atoms with E-state index in [9.17, 15) is 13.6 Å². The fourth-order valence-corrected chi connectivity index (χ4v) is 7.06. The molecule has 0 unspecified atom stereocenters. The molecule has 0 radical (unpaired) electrons. The van der Waals surface area contributed by atoms with Crippen LogP contribution in [0.2, 0.25) is 5.02 Å². The number of hydrogen-bond acceptors (Lipinski definition) is 7. The van der Waals surface area contributed by atoms with Crippen LogP contribution in [0, 0.1) is 12.7 Å². The Morgan fingerprint density at radius 3 is 2.63 bits per heavy atom. The zero-order valence-corrected chi connectivity index (χ0v) is 26.7. The lowest BCUT2D eigenvalue weighted by molar-refractivity contribution is -0.132. The average molecular weight is 654 g/mol. The summed E-state index contributed by atoms with van der Waals surface area (Å²) in [7, 11) is 0. The van der Waals surface area contributed by atoms with Crippen molar-refractivity contribution in [2.75, 3.05) is 44.2 Å². The Kier molecular flexibility index (Phi) is 7.63. The van der Waals surface area contributed by atoms with Gasteiger partial charge in [-0.1, -0.05) is 24.2 Å². The number of ether oxygens (including phenoxy) is 1. The Balaban J connectivity index is 1.34. The van der Waals surface area contributed by atoms with E-state index in [0.29, 0.717) is 35.8 Å². The second kappa shape index (κ2) is 11.4. The first kappa shape index (κ1) is 30.7. The highest BCUT2D eigenvalue weighted by Crippen LogP contribution is 2.48. The molecular weight excluding hydrogens is 619 g/mol. The van der Waals surface area contributed by atoms with Crippen molar-refractivity contribution in [3.8, 4) is 17.1 Å². The van der Waals surface area contributed by atoms with Crippen LogP contribution in [-0.2, 0) is 4.79 Å². The predicted molar refractivity (Wildman–Crippen MR) is 171 cm³/mol. The van der Waals surface area contributed by atoms with Crippen molar-refractivity contribution < 1.29 is 22.7 Å². The van der Waals surface area contributed by atoms with E-state index in [1.807, 2.05) is 37.8 Å². The maximum absolute atomic E-state index is 17.1. The van der Waals surface area contributed by atoms with Crippen molar-refractivity contribution in [1.82, 2.24) is 30.0 Å². The number of alkyl halides is 2. The molecule has 7 rings (SSSR count). The molecule has 1 amide bonds. The molecule has 1 aliphatic carbocycles. The standard InChI is InChI=1S/C33H35ClF3N7O2/c1-5-24(45)43-13-19(4)44(14-18(43)3)31-21-12-22(34)26(25-17(2)6-9-23-27(25)29(41-40-23)20-7-8-20)28(35)30(21)38-32(39-31)46-11-10-42-15-33(36,37)16-42/h5-6,9,12,18-20H,1,7-8,10-11,13-16H2,2-4H3,(H,40,41)/t18-,19+/m1/s1. The molecule has 2 saturated heterocycles. The number of anilines is 1. The van der Waals surface area contributed by atoms with Crippen LogP contribution in [-0.4, -0.2) is 93.2 Å². The lowest BCUT2D eigenvalue weighted by Gasteiger charge is -2.44. The summed E-state index contributed by atoms with van der Waals surface area (Å²) in [5.74, 6) is -2.71. The topological polar surface area (TPSA) is 90.5 Å². The van der Waals surface area contributed by atoms with Gasteiger partial charge in [-0.2, -0.15) is 15.1 Å². The number of carbonyl (C=O) groups excluding carboxylic acids is 1. The summed E-state index contributed by atoms with van der Waals surface area (Å²) in [6.45, 7) is 9.89. The molecule has 4 aromatic rings. The summed E-state index contributed by atoms with van der Waals surface area (Å²) < 4.78 is 49.7. The number of halogens is 4. The maximum atomic E-state index is 17.1. The maximum Gasteiger partial charge on any atom is 0.319 e. The zero-order chi connectivity index (χ0) is 32.5. The number of H-pyrrole nitrogens is 1. The first-order valence-electron chi connectivity index (χ1n) is 15.6. The highest BCUT2D eigenvalue weighted by molar-refractivity contribution is 6.35. The molecule has 9 nitrogen and oxygen atoms in total. The van der Waals surface area contributed by atoms with Gasteiger partial charge in [0.05, 0.1) is 23.6 Å². The predicted octanol–water partition coefficient (Wildman–Crippen LogP) is 6.09. The Hall–Kier alpha value is -3.90. The molecule has 2 aromatic carbocycles. The van der Waals surface area contributed by atoms with E-state index in [-0.39, 0.29) is 66.3 Å². The summed E-state index contributed by atoms with van der Waals surface area (Å²) in [5, 5.41) is 9.14.